The summed E-state index contributed by atoms with van der Waals surface area (Å²) in [5.41, 5.74) is 0.199. The van der Waals surface area contributed by atoms with Crippen LogP contribution >= 0.6 is 11.8 Å². The molecule has 0 aliphatic carbocycles. The van der Waals surface area contributed by atoms with E-state index in [1.807, 2.05) is 0 Å². The van der Waals surface area contributed by atoms with Crippen molar-refractivity contribution in [1.82, 2.24) is 29.7 Å². The van der Waals surface area contributed by atoms with E-state index in [0.29, 0.717) is 0 Å². The molecule has 15 heteroatoms. The number of hydrogen-bond donors (Lipinski definition) is 2. The fourth-order valence-electron chi connectivity index (χ4n) is 3.27. The van der Waals surface area contributed by atoms with Gasteiger partial charge in [0.25, 0.3) is 11.7 Å². The van der Waals surface area contributed by atoms with Gasteiger partial charge in [0.1, 0.15) is 23.6 Å². The van der Waals surface area contributed by atoms with Crippen LogP contribution in [0.2, 0.25) is 0 Å². The number of amides is 2. The Morgan fingerprint density at radius 1 is 1.22 bits per heavy atom. The number of benzene rings is 1. The maximum absolute atomic E-state index is 13.1. The van der Waals surface area contributed by atoms with Crippen LogP contribution in [0.1, 0.15) is 10.4 Å². The number of aromatic nitrogens is 5. The molecule has 1 aromatic carbocycles. The Labute approximate surface area is 204 Å². The van der Waals surface area contributed by atoms with Gasteiger partial charge in [-0.05, 0) is 24.3 Å². The van der Waals surface area contributed by atoms with Crippen molar-refractivity contribution in [2.75, 3.05) is 12.4 Å². The molecule has 36 heavy (non-hydrogen) atoms. The molecule has 0 spiro atoms. The van der Waals surface area contributed by atoms with Gasteiger partial charge in [-0.25, -0.2) is 9.50 Å². The van der Waals surface area contributed by atoms with Crippen molar-refractivity contribution < 1.29 is 31.9 Å². The minimum absolute atomic E-state index is 0.0116. The molecule has 188 valence electrons. The molecule has 0 aliphatic heterocycles. The first kappa shape index (κ1) is 25.0. The van der Waals surface area contributed by atoms with Crippen LogP contribution in [0.3, 0.4) is 0 Å². The van der Waals surface area contributed by atoms with Crippen LogP contribution in [0.4, 0.5) is 23.2 Å². The van der Waals surface area contributed by atoms with E-state index >= 15 is 0 Å². The number of thioether (sulfide) groups is 1. The summed E-state index contributed by atoms with van der Waals surface area (Å²) in [5, 5.41) is 13.3. The second-order valence-electron chi connectivity index (χ2n) is 7.08. The predicted molar refractivity (Wildman–Crippen MR) is 121 cm³/mol. The van der Waals surface area contributed by atoms with Gasteiger partial charge >= 0.3 is 6.61 Å². The van der Waals surface area contributed by atoms with Gasteiger partial charge in [0.05, 0.1) is 11.9 Å². The van der Waals surface area contributed by atoms with Crippen molar-refractivity contribution in [3.8, 4) is 17.0 Å². The molecule has 4 rings (SSSR count). The molecule has 3 heterocycles. The third-order valence-electron chi connectivity index (χ3n) is 4.77. The number of anilines is 1. The number of halogens is 4. The first-order chi connectivity index (χ1) is 17.2. The van der Waals surface area contributed by atoms with Gasteiger partial charge in [0.2, 0.25) is 5.91 Å². The molecule has 3 aromatic heterocycles. The summed E-state index contributed by atoms with van der Waals surface area (Å²) >= 11 is 0.193. The van der Waals surface area contributed by atoms with E-state index in [4.69, 9.17) is 0 Å². The van der Waals surface area contributed by atoms with Crippen molar-refractivity contribution in [2.24, 2.45) is 0 Å². The highest BCUT2D eigenvalue weighted by Gasteiger charge is 2.23. The molecule has 0 radical (unpaired) electrons. The van der Waals surface area contributed by atoms with Crippen molar-refractivity contribution in [2.45, 2.75) is 23.8 Å². The topological polar surface area (TPSA) is 115 Å². The fourth-order valence-corrected chi connectivity index (χ4v) is 3.80. The van der Waals surface area contributed by atoms with E-state index < -0.39 is 24.2 Å². The fraction of sp³-hybridized carbons (Fsp3) is 0.190. The molecule has 0 aliphatic rings. The van der Waals surface area contributed by atoms with Crippen molar-refractivity contribution in [3.63, 3.8) is 0 Å². The zero-order chi connectivity index (χ0) is 25.8. The van der Waals surface area contributed by atoms with Crippen LogP contribution in [-0.4, -0.2) is 55.6 Å². The summed E-state index contributed by atoms with van der Waals surface area (Å²) in [6.07, 6.45) is 5.66. The molecule has 0 saturated carbocycles. The van der Waals surface area contributed by atoms with E-state index in [1.54, 1.807) is 12.3 Å². The monoisotopic (exact) mass is 523 g/mol. The van der Waals surface area contributed by atoms with E-state index in [9.17, 15) is 27.2 Å². The second kappa shape index (κ2) is 10.6. The summed E-state index contributed by atoms with van der Waals surface area (Å²) in [7, 11) is 1.41. The zero-order valence-electron chi connectivity index (χ0n) is 18.4. The molecule has 0 atom stereocenters. The van der Waals surface area contributed by atoms with E-state index in [0.717, 1.165) is 10.7 Å². The van der Waals surface area contributed by atoms with Gasteiger partial charge < -0.3 is 15.4 Å². The first-order valence-corrected chi connectivity index (χ1v) is 11.0. The van der Waals surface area contributed by atoms with Crippen LogP contribution in [0, 0.1) is 0 Å². The minimum atomic E-state index is -3.21. The summed E-state index contributed by atoms with van der Waals surface area (Å²) in [4.78, 5) is 29.1. The Morgan fingerprint density at radius 2 is 2.03 bits per heavy atom. The number of carbonyl (C=O) groups is 2. The lowest BCUT2D eigenvalue weighted by molar-refractivity contribution is -0.121. The minimum Gasteiger partial charge on any atom is -0.434 e. The third-order valence-corrected chi connectivity index (χ3v) is 5.47. The molecule has 10 nitrogen and oxygen atoms in total. The lowest BCUT2D eigenvalue weighted by Crippen LogP contribution is -2.23. The van der Waals surface area contributed by atoms with Crippen LogP contribution in [-0.2, 0) is 11.3 Å². The summed E-state index contributed by atoms with van der Waals surface area (Å²) in [6, 6.07) is 5.11. The first-order valence-electron chi connectivity index (χ1n) is 10.2. The lowest BCUT2D eigenvalue weighted by Gasteiger charge is -2.12. The van der Waals surface area contributed by atoms with Crippen molar-refractivity contribution in [3.05, 3.63) is 54.6 Å². The van der Waals surface area contributed by atoms with E-state index in [-0.39, 0.29) is 57.1 Å². The predicted octanol–water partition coefficient (Wildman–Crippen LogP) is 3.51. The number of rotatable bonds is 9. The highest BCUT2D eigenvalue weighted by atomic mass is 32.2. The Morgan fingerprint density at radius 3 is 2.75 bits per heavy atom. The molecule has 0 bridgehead atoms. The summed E-state index contributed by atoms with van der Waals surface area (Å²) < 4.78 is 59.2. The van der Waals surface area contributed by atoms with E-state index in [2.05, 4.69) is 30.6 Å². The maximum Gasteiger partial charge on any atom is 0.387 e. The number of carbonyl (C=O) groups excluding carboxylic acids is 2. The second-order valence-corrected chi connectivity index (χ2v) is 8.14. The Kier molecular flexibility index (Phi) is 7.38. The van der Waals surface area contributed by atoms with Crippen molar-refractivity contribution >= 4 is 34.9 Å². The van der Waals surface area contributed by atoms with E-state index in [1.165, 1.54) is 42.3 Å². The van der Waals surface area contributed by atoms with Crippen LogP contribution in [0.5, 0.6) is 5.75 Å². The number of nitrogens with zero attached hydrogens (tertiary/aromatic N) is 5. The third kappa shape index (κ3) is 5.56. The molecule has 4 aromatic rings. The van der Waals surface area contributed by atoms with Gasteiger partial charge in [-0.2, -0.15) is 27.8 Å². The van der Waals surface area contributed by atoms with Gasteiger partial charge in [-0.15, -0.1) is 0 Å². The molecule has 0 saturated heterocycles. The number of nitrogens with one attached hydrogen (secondary N) is 2. The lowest BCUT2D eigenvalue weighted by atomic mass is 10.1. The standard InChI is InChI=1S/C21H17F4N7O3S/c1-26-16(33)10-31-9-14(29-19(34)13-8-28-32-6-2-5-27-18(13)32)17(30-31)12-7-11(36-21(24)25)3-4-15(12)35-20(22)23/h2-9,20-21H,10H2,1H3,(H,26,33)(H,29,34). The van der Waals surface area contributed by atoms with Crippen LogP contribution < -0.4 is 15.4 Å². The smallest absolute Gasteiger partial charge is 0.387 e. The average Bonchev–Trinajstić information content (AvgIpc) is 3.43. The quantitative estimate of drug-likeness (QED) is 0.255. The zero-order valence-corrected chi connectivity index (χ0v) is 19.2. The van der Waals surface area contributed by atoms with Gasteiger partial charge in [-0.3, -0.25) is 14.3 Å². The molecule has 0 unspecified atom stereocenters. The van der Waals surface area contributed by atoms with Gasteiger partial charge in [-0.1, -0.05) is 11.8 Å². The largest absolute Gasteiger partial charge is 0.434 e. The number of likely N-dealkylation sites (N-methyl/N-ethyl adjacent to an activating group) is 1. The molecule has 0 fully saturated rings. The number of alkyl halides is 4. The Hall–Kier alpha value is -4.14. The molecular weight excluding hydrogens is 506 g/mol. The number of ether oxygens (including phenoxy) is 1. The normalized spacial score (nSPS) is 11.3. The summed E-state index contributed by atoms with van der Waals surface area (Å²) in [5.74, 6) is -4.21. The highest BCUT2D eigenvalue weighted by molar-refractivity contribution is 7.99. The average molecular weight is 523 g/mol. The summed E-state index contributed by atoms with van der Waals surface area (Å²) in [6.45, 7) is -3.48. The SMILES string of the molecule is CNC(=O)Cn1cc(NC(=O)c2cnn3cccnc23)c(-c2cc(SC(F)F)ccc2OC(F)F)n1. The van der Waals surface area contributed by atoms with Gasteiger partial charge in [0.15, 0.2) is 5.65 Å². The van der Waals surface area contributed by atoms with Crippen LogP contribution in [0.15, 0.2) is 53.9 Å². The highest BCUT2D eigenvalue weighted by Crippen LogP contribution is 2.39. The Balaban J connectivity index is 1.79. The van der Waals surface area contributed by atoms with Crippen LogP contribution in [0.25, 0.3) is 16.9 Å². The van der Waals surface area contributed by atoms with Crippen molar-refractivity contribution in [1.29, 1.82) is 0 Å². The Bertz CT molecular complexity index is 1410. The maximum atomic E-state index is 13.1. The number of hydrogen-bond acceptors (Lipinski definition) is 7. The molecular formula is C21H17F4N7O3S. The molecule has 2 N–H and O–H groups in total. The van der Waals surface area contributed by atoms with Gasteiger partial charge in [0, 0.05) is 36.1 Å². The molecule has 2 amide bonds. The number of fused-ring (bicyclic) bond motifs is 1.